The second kappa shape index (κ2) is 6.77. The molecule has 0 radical (unpaired) electrons. The standard InChI is InChI=1S/C15H25N3O2S/c1-3-13(4-2)17-9-11-18(12-10-17)14-5-7-15(8-6-14)21(16,19)20/h5-8,13H,3-4,9-12H2,1-2H3,(H2,16,19,20). The third kappa shape index (κ3) is 3.96. The van der Waals surface area contributed by atoms with E-state index in [1.807, 2.05) is 12.1 Å². The van der Waals surface area contributed by atoms with Gasteiger partial charge in [0.05, 0.1) is 4.90 Å². The first-order valence-electron chi connectivity index (χ1n) is 7.57. The molecule has 1 fully saturated rings. The molecule has 1 aliphatic rings. The fraction of sp³-hybridized carbons (Fsp3) is 0.600. The minimum atomic E-state index is -3.60. The molecule has 1 aromatic carbocycles. The van der Waals surface area contributed by atoms with Crippen molar-refractivity contribution in [2.24, 2.45) is 5.14 Å². The monoisotopic (exact) mass is 311 g/mol. The van der Waals surface area contributed by atoms with E-state index in [4.69, 9.17) is 5.14 Å². The van der Waals surface area contributed by atoms with Gasteiger partial charge in [-0.15, -0.1) is 0 Å². The maximum absolute atomic E-state index is 11.3. The lowest BCUT2D eigenvalue weighted by molar-refractivity contribution is 0.175. The summed E-state index contributed by atoms with van der Waals surface area (Å²) in [6.07, 6.45) is 2.39. The van der Waals surface area contributed by atoms with Crippen LogP contribution in [0.25, 0.3) is 0 Å². The van der Waals surface area contributed by atoms with Crippen LogP contribution in [0.2, 0.25) is 0 Å². The van der Waals surface area contributed by atoms with E-state index in [1.54, 1.807) is 12.1 Å². The van der Waals surface area contributed by atoms with Crippen LogP contribution in [0.5, 0.6) is 0 Å². The number of sulfonamides is 1. The average Bonchev–Trinajstić information content (AvgIpc) is 2.48. The van der Waals surface area contributed by atoms with Gasteiger partial charge in [0.15, 0.2) is 0 Å². The summed E-state index contributed by atoms with van der Waals surface area (Å²) in [4.78, 5) is 5.02. The van der Waals surface area contributed by atoms with Gasteiger partial charge in [0.2, 0.25) is 10.0 Å². The van der Waals surface area contributed by atoms with E-state index in [9.17, 15) is 8.42 Å². The van der Waals surface area contributed by atoms with Gasteiger partial charge in [0.1, 0.15) is 0 Å². The highest BCUT2D eigenvalue weighted by atomic mass is 32.2. The number of rotatable bonds is 5. The van der Waals surface area contributed by atoms with Crippen LogP contribution in [-0.2, 0) is 10.0 Å². The van der Waals surface area contributed by atoms with Crippen molar-refractivity contribution in [1.82, 2.24) is 4.90 Å². The zero-order valence-electron chi connectivity index (χ0n) is 12.8. The van der Waals surface area contributed by atoms with E-state index in [-0.39, 0.29) is 4.90 Å². The van der Waals surface area contributed by atoms with Crippen LogP contribution < -0.4 is 10.0 Å². The van der Waals surface area contributed by atoms with E-state index < -0.39 is 10.0 Å². The van der Waals surface area contributed by atoms with Crippen LogP contribution in [0.1, 0.15) is 26.7 Å². The second-order valence-corrected chi connectivity index (χ2v) is 7.09. The topological polar surface area (TPSA) is 66.6 Å². The molecule has 0 aliphatic carbocycles. The Morgan fingerprint density at radius 2 is 1.57 bits per heavy atom. The van der Waals surface area contributed by atoms with Crippen LogP contribution in [0.15, 0.2) is 29.2 Å². The van der Waals surface area contributed by atoms with Crippen LogP contribution in [0.3, 0.4) is 0 Å². The molecule has 0 unspecified atom stereocenters. The third-order valence-electron chi connectivity index (χ3n) is 4.30. The molecule has 0 saturated carbocycles. The van der Waals surface area contributed by atoms with Crippen molar-refractivity contribution in [2.75, 3.05) is 31.1 Å². The largest absolute Gasteiger partial charge is 0.369 e. The lowest BCUT2D eigenvalue weighted by Gasteiger charge is -2.39. The molecule has 1 saturated heterocycles. The van der Waals surface area contributed by atoms with Gasteiger partial charge in [-0.2, -0.15) is 0 Å². The Kier molecular flexibility index (Phi) is 5.24. The number of anilines is 1. The molecular formula is C15H25N3O2S. The number of piperazine rings is 1. The van der Waals surface area contributed by atoms with Crippen molar-refractivity contribution in [3.05, 3.63) is 24.3 Å². The molecule has 0 bridgehead atoms. The Bertz CT molecular complexity index is 545. The molecule has 1 aromatic rings. The highest BCUT2D eigenvalue weighted by Crippen LogP contribution is 2.20. The highest BCUT2D eigenvalue weighted by molar-refractivity contribution is 7.89. The molecule has 0 spiro atoms. The van der Waals surface area contributed by atoms with E-state index in [2.05, 4.69) is 23.6 Å². The van der Waals surface area contributed by atoms with Crippen molar-refractivity contribution in [1.29, 1.82) is 0 Å². The highest BCUT2D eigenvalue weighted by Gasteiger charge is 2.21. The Labute approximate surface area is 127 Å². The summed E-state index contributed by atoms with van der Waals surface area (Å²) in [7, 11) is -3.60. The fourth-order valence-electron chi connectivity index (χ4n) is 3.00. The Balaban J connectivity index is 1.99. The second-order valence-electron chi connectivity index (χ2n) is 5.53. The van der Waals surface area contributed by atoms with E-state index in [1.165, 1.54) is 12.8 Å². The van der Waals surface area contributed by atoms with Gasteiger partial charge >= 0.3 is 0 Å². The van der Waals surface area contributed by atoms with Crippen molar-refractivity contribution in [3.8, 4) is 0 Å². The van der Waals surface area contributed by atoms with Crippen LogP contribution in [0.4, 0.5) is 5.69 Å². The van der Waals surface area contributed by atoms with Crippen molar-refractivity contribution in [3.63, 3.8) is 0 Å². The molecule has 0 amide bonds. The Morgan fingerprint density at radius 1 is 1.05 bits per heavy atom. The lowest BCUT2D eigenvalue weighted by atomic mass is 10.1. The molecule has 2 N–H and O–H groups in total. The van der Waals surface area contributed by atoms with Gasteiger partial charge < -0.3 is 4.90 Å². The van der Waals surface area contributed by atoms with Crippen LogP contribution in [-0.4, -0.2) is 45.5 Å². The van der Waals surface area contributed by atoms with Crippen LogP contribution in [0, 0.1) is 0 Å². The predicted molar refractivity (Wildman–Crippen MR) is 86.0 cm³/mol. The van der Waals surface area contributed by atoms with Crippen LogP contribution >= 0.6 is 0 Å². The zero-order valence-corrected chi connectivity index (χ0v) is 13.6. The Hall–Kier alpha value is -1.11. The predicted octanol–water partition coefficient (Wildman–Crippen LogP) is 1.64. The quantitative estimate of drug-likeness (QED) is 0.898. The number of hydrogen-bond donors (Lipinski definition) is 1. The molecule has 5 nitrogen and oxygen atoms in total. The minimum absolute atomic E-state index is 0.168. The van der Waals surface area contributed by atoms with Gasteiger partial charge in [0.25, 0.3) is 0 Å². The van der Waals surface area contributed by atoms with Gasteiger partial charge in [-0.05, 0) is 37.1 Å². The molecule has 0 atom stereocenters. The lowest BCUT2D eigenvalue weighted by Crippen LogP contribution is -2.50. The first kappa shape index (κ1) is 16.3. The summed E-state index contributed by atoms with van der Waals surface area (Å²) in [6.45, 7) is 8.56. The summed E-state index contributed by atoms with van der Waals surface area (Å²) in [5.74, 6) is 0. The normalized spacial score (nSPS) is 17.4. The first-order chi connectivity index (χ1) is 9.95. The van der Waals surface area contributed by atoms with Gasteiger partial charge in [-0.3, -0.25) is 4.90 Å². The maximum atomic E-state index is 11.3. The molecule has 1 aliphatic heterocycles. The van der Waals surface area contributed by atoms with E-state index in [0.717, 1.165) is 31.9 Å². The summed E-state index contributed by atoms with van der Waals surface area (Å²) >= 11 is 0. The Morgan fingerprint density at radius 3 is 2.00 bits per heavy atom. The van der Waals surface area contributed by atoms with Crippen molar-refractivity contribution < 1.29 is 8.42 Å². The summed E-state index contributed by atoms with van der Waals surface area (Å²) in [5, 5.41) is 5.12. The molecule has 6 heteroatoms. The van der Waals surface area contributed by atoms with Crippen molar-refractivity contribution >= 4 is 15.7 Å². The smallest absolute Gasteiger partial charge is 0.238 e. The molecule has 118 valence electrons. The first-order valence-corrected chi connectivity index (χ1v) is 9.12. The maximum Gasteiger partial charge on any atom is 0.238 e. The number of hydrogen-bond acceptors (Lipinski definition) is 4. The number of benzene rings is 1. The zero-order chi connectivity index (χ0) is 15.5. The molecule has 0 aromatic heterocycles. The summed E-state index contributed by atoms with van der Waals surface area (Å²) in [5.41, 5.74) is 1.06. The molecular weight excluding hydrogens is 286 g/mol. The fourth-order valence-corrected chi connectivity index (χ4v) is 3.51. The third-order valence-corrected chi connectivity index (χ3v) is 5.23. The van der Waals surface area contributed by atoms with E-state index >= 15 is 0 Å². The SMILES string of the molecule is CCC(CC)N1CCN(c2ccc(S(N)(=O)=O)cc2)CC1. The average molecular weight is 311 g/mol. The minimum Gasteiger partial charge on any atom is -0.369 e. The van der Waals surface area contributed by atoms with Gasteiger partial charge in [0, 0.05) is 37.9 Å². The number of primary sulfonamides is 1. The number of nitrogens with zero attached hydrogens (tertiary/aromatic N) is 2. The number of nitrogens with two attached hydrogens (primary N) is 1. The van der Waals surface area contributed by atoms with Crippen molar-refractivity contribution in [2.45, 2.75) is 37.6 Å². The summed E-state index contributed by atoms with van der Waals surface area (Å²) in [6, 6.07) is 7.52. The van der Waals surface area contributed by atoms with Gasteiger partial charge in [-0.25, -0.2) is 13.6 Å². The molecule has 1 heterocycles. The van der Waals surface area contributed by atoms with Gasteiger partial charge in [-0.1, -0.05) is 13.8 Å². The molecule has 21 heavy (non-hydrogen) atoms. The molecule has 2 rings (SSSR count). The van der Waals surface area contributed by atoms with E-state index in [0.29, 0.717) is 6.04 Å². The summed E-state index contributed by atoms with van der Waals surface area (Å²) < 4.78 is 22.5.